The number of benzene rings is 1. The molecule has 23 heavy (non-hydrogen) atoms. The summed E-state index contributed by atoms with van der Waals surface area (Å²) in [4.78, 5) is 1.12. The van der Waals surface area contributed by atoms with Crippen LogP contribution in [0.15, 0.2) is 23.1 Å². The van der Waals surface area contributed by atoms with Crippen LogP contribution >= 0.6 is 0 Å². The molecule has 2 aliphatic rings. The van der Waals surface area contributed by atoms with Crippen LogP contribution in [0.4, 0.5) is 18.9 Å². The van der Waals surface area contributed by atoms with Crippen molar-refractivity contribution >= 4 is 15.7 Å². The van der Waals surface area contributed by atoms with Crippen LogP contribution in [0, 0.1) is 5.92 Å². The van der Waals surface area contributed by atoms with Crippen LogP contribution in [0.1, 0.15) is 37.7 Å². The van der Waals surface area contributed by atoms with E-state index in [4.69, 9.17) is 5.14 Å². The molecule has 1 heterocycles. The molecule has 1 aliphatic heterocycles. The highest BCUT2D eigenvalue weighted by atomic mass is 32.2. The van der Waals surface area contributed by atoms with Crippen molar-refractivity contribution in [2.45, 2.75) is 49.2 Å². The molecular weight excluding hydrogens is 329 g/mol. The van der Waals surface area contributed by atoms with E-state index >= 15 is 0 Å². The van der Waals surface area contributed by atoms with Crippen molar-refractivity contribution < 1.29 is 21.6 Å². The van der Waals surface area contributed by atoms with Crippen LogP contribution in [0.3, 0.4) is 0 Å². The molecule has 1 saturated heterocycles. The van der Waals surface area contributed by atoms with E-state index in [9.17, 15) is 21.6 Å². The van der Waals surface area contributed by atoms with Crippen LogP contribution in [-0.4, -0.2) is 21.0 Å². The van der Waals surface area contributed by atoms with Crippen LogP contribution in [0.25, 0.3) is 0 Å². The number of fused-ring (bicyclic) bond motifs is 1. The minimum absolute atomic E-state index is 0.255. The number of nitrogens with two attached hydrogens (primary N) is 1. The normalized spacial score (nSPS) is 25.5. The molecule has 2 N–H and O–H groups in total. The van der Waals surface area contributed by atoms with Gasteiger partial charge in [0.2, 0.25) is 10.0 Å². The summed E-state index contributed by atoms with van der Waals surface area (Å²) in [5, 5.41) is 4.92. The smallest absolute Gasteiger partial charge is 0.368 e. The standard InChI is InChI=1S/C15H19F3N2O2S/c16-15(17,18)12-9-11(5-6-14(12)23(19,21)22)20-8-7-10-3-1-2-4-13(10)20/h5-6,9-10,13H,1-4,7-8H2,(H2,19,21,22)/t10-,13-/m1/s1. The maximum Gasteiger partial charge on any atom is 0.417 e. The number of halogens is 3. The first-order chi connectivity index (χ1) is 10.7. The minimum Gasteiger partial charge on any atom is -0.368 e. The van der Waals surface area contributed by atoms with Gasteiger partial charge in [0.15, 0.2) is 0 Å². The van der Waals surface area contributed by atoms with E-state index in [0.717, 1.165) is 37.8 Å². The van der Waals surface area contributed by atoms with E-state index in [1.54, 1.807) is 0 Å². The van der Waals surface area contributed by atoms with Crippen molar-refractivity contribution in [1.82, 2.24) is 0 Å². The summed E-state index contributed by atoms with van der Waals surface area (Å²) < 4.78 is 62.6. The molecule has 8 heteroatoms. The Morgan fingerprint density at radius 3 is 2.48 bits per heavy atom. The maximum absolute atomic E-state index is 13.2. The fourth-order valence-corrected chi connectivity index (χ4v) is 4.63. The SMILES string of the molecule is NS(=O)(=O)c1ccc(N2CC[C@H]3CCCC[C@H]32)cc1C(F)(F)F. The average Bonchev–Trinajstić information content (AvgIpc) is 2.88. The lowest BCUT2D eigenvalue weighted by Gasteiger charge is -2.33. The first-order valence-corrected chi connectivity index (χ1v) is 9.23. The molecule has 0 aromatic heterocycles. The van der Waals surface area contributed by atoms with Gasteiger partial charge in [0, 0.05) is 18.3 Å². The summed E-state index contributed by atoms with van der Waals surface area (Å²) in [7, 11) is -4.42. The van der Waals surface area contributed by atoms with Crippen molar-refractivity contribution in [2.24, 2.45) is 11.1 Å². The molecular formula is C15H19F3N2O2S. The Hall–Kier alpha value is -1.28. The van der Waals surface area contributed by atoms with Crippen molar-refractivity contribution in [2.75, 3.05) is 11.4 Å². The summed E-state index contributed by atoms with van der Waals surface area (Å²) in [6.45, 7) is 0.710. The predicted molar refractivity (Wildman–Crippen MR) is 80.5 cm³/mol. The molecule has 4 nitrogen and oxygen atoms in total. The van der Waals surface area contributed by atoms with E-state index in [1.807, 2.05) is 4.90 Å². The van der Waals surface area contributed by atoms with Gasteiger partial charge in [-0.25, -0.2) is 13.6 Å². The van der Waals surface area contributed by atoms with E-state index < -0.39 is 26.7 Å². The predicted octanol–water partition coefficient (Wildman–Crippen LogP) is 3.12. The van der Waals surface area contributed by atoms with Crippen molar-refractivity contribution in [1.29, 1.82) is 0 Å². The summed E-state index contributed by atoms with van der Waals surface area (Å²) in [6.07, 6.45) is 0.560. The molecule has 1 aliphatic carbocycles. The molecule has 0 amide bonds. The fourth-order valence-electron chi connectivity index (χ4n) is 3.89. The highest BCUT2D eigenvalue weighted by Gasteiger charge is 2.39. The summed E-state index contributed by atoms with van der Waals surface area (Å²) >= 11 is 0. The topological polar surface area (TPSA) is 63.4 Å². The van der Waals surface area contributed by atoms with Gasteiger partial charge in [-0.05, 0) is 43.4 Å². The molecule has 2 atom stereocenters. The Bertz CT molecular complexity index is 703. The Balaban J connectivity index is 2.02. The lowest BCUT2D eigenvalue weighted by Crippen LogP contribution is -2.35. The second kappa shape index (κ2) is 5.66. The highest BCUT2D eigenvalue weighted by Crippen LogP contribution is 2.41. The number of hydrogen-bond acceptors (Lipinski definition) is 3. The number of sulfonamides is 1. The maximum atomic E-state index is 13.2. The van der Waals surface area contributed by atoms with Gasteiger partial charge in [-0.15, -0.1) is 0 Å². The second-order valence-corrected chi connectivity index (χ2v) is 7.85. The number of primary sulfonamides is 1. The summed E-state index contributed by atoms with van der Waals surface area (Å²) in [5.74, 6) is 0.524. The molecule has 1 aromatic rings. The summed E-state index contributed by atoms with van der Waals surface area (Å²) in [5.41, 5.74) is -0.754. The largest absolute Gasteiger partial charge is 0.417 e. The Morgan fingerprint density at radius 2 is 1.83 bits per heavy atom. The number of hydrogen-bond donors (Lipinski definition) is 1. The number of alkyl halides is 3. The first-order valence-electron chi connectivity index (χ1n) is 7.68. The first kappa shape index (κ1) is 16.6. The zero-order valence-corrected chi connectivity index (χ0v) is 13.3. The van der Waals surface area contributed by atoms with Gasteiger partial charge in [0.25, 0.3) is 0 Å². The van der Waals surface area contributed by atoms with E-state index in [0.29, 0.717) is 18.2 Å². The molecule has 1 aromatic carbocycles. The third kappa shape index (κ3) is 3.19. The molecule has 0 unspecified atom stereocenters. The van der Waals surface area contributed by atoms with E-state index in [1.165, 1.54) is 12.5 Å². The summed E-state index contributed by atoms with van der Waals surface area (Å²) in [6, 6.07) is 3.59. The van der Waals surface area contributed by atoms with Crippen molar-refractivity contribution in [3.05, 3.63) is 23.8 Å². The van der Waals surface area contributed by atoms with Crippen LogP contribution in [0.5, 0.6) is 0 Å². The van der Waals surface area contributed by atoms with E-state index in [2.05, 4.69) is 0 Å². The van der Waals surface area contributed by atoms with E-state index in [-0.39, 0.29) is 6.04 Å². The highest BCUT2D eigenvalue weighted by molar-refractivity contribution is 7.89. The Labute approximate surface area is 133 Å². The number of nitrogens with zero attached hydrogens (tertiary/aromatic N) is 1. The van der Waals surface area contributed by atoms with Gasteiger partial charge in [0.1, 0.15) is 0 Å². The lowest BCUT2D eigenvalue weighted by atomic mass is 9.85. The quantitative estimate of drug-likeness (QED) is 0.893. The molecule has 1 saturated carbocycles. The van der Waals surface area contributed by atoms with Crippen LogP contribution in [0.2, 0.25) is 0 Å². The third-order valence-corrected chi connectivity index (χ3v) is 5.89. The number of anilines is 1. The molecule has 3 rings (SSSR count). The zero-order chi connectivity index (χ0) is 16.8. The van der Waals surface area contributed by atoms with Gasteiger partial charge in [0.05, 0.1) is 10.5 Å². The van der Waals surface area contributed by atoms with Gasteiger partial charge < -0.3 is 4.90 Å². The van der Waals surface area contributed by atoms with Crippen LogP contribution < -0.4 is 10.0 Å². The molecule has 0 bridgehead atoms. The molecule has 2 fully saturated rings. The van der Waals surface area contributed by atoms with Crippen molar-refractivity contribution in [3.63, 3.8) is 0 Å². The second-order valence-electron chi connectivity index (χ2n) is 6.32. The molecule has 0 radical (unpaired) electrons. The average molecular weight is 348 g/mol. The van der Waals surface area contributed by atoms with Gasteiger partial charge in [-0.3, -0.25) is 0 Å². The minimum atomic E-state index is -4.76. The van der Waals surface area contributed by atoms with Crippen molar-refractivity contribution in [3.8, 4) is 0 Å². The monoisotopic (exact) mass is 348 g/mol. The third-order valence-electron chi connectivity index (χ3n) is 4.92. The molecule has 0 spiro atoms. The molecule has 128 valence electrons. The van der Waals surface area contributed by atoms with Gasteiger partial charge in [-0.2, -0.15) is 13.2 Å². The Kier molecular flexibility index (Phi) is 4.08. The van der Waals surface area contributed by atoms with Crippen LogP contribution in [-0.2, 0) is 16.2 Å². The zero-order valence-electron chi connectivity index (χ0n) is 12.5. The van der Waals surface area contributed by atoms with Gasteiger partial charge in [-0.1, -0.05) is 12.8 Å². The number of rotatable bonds is 2. The van der Waals surface area contributed by atoms with Gasteiger partial charge >= 0.3 is 6.18 Å². The fraction of sp³-hybridized carbons (Fsp3) is 0.600. The Morgan fingerprint density at radius 1 is 1.13 bits per heavy atom. The lowest BCUT2D eigenvalue weighted by molar-refractivity contribution is -0.139.